The van der Waals surface area contributed by atoms with Crippen LogP contribution in [0.15, 0.2) is 52.2 Å². The van der Waals surface area contributed by atoms with E-state index in [2.05, 4.69) is 9.97 Å². The highest BCUT2D eigenvalue weighted by Crippen LogP contribution is 2.33. The zero-order valence-corrected chi connectivity index (χ0v) is 16.0. The van der Waals surface area contributed by atoms with Crippen LogP contribution in [-0.4, -0.2) is 51.5 Å². The first kappa shape index (κ1) is 17.7. The SMILES string of the molecule is Cn1c(=O)cc(N2CC3CN(C(=O)c4ccc5ncccc5c4)CC3C2)[nH]c1=O. The lowest BCUT2D eigenvalue weighted by Gasteiger charge is -2.23. The van der Waals surface area contributed by atoms with Crippen LogP contribution < -0.4 is 16.1 Å². The molecule has 29 heavy (non-hydrogen) atoms. The molecule has 2 aromatic heterocycles. The van der Waals surface area contributed by atoms with Gasteiger partial charge in [0.05, 0.1) is 5.52 Å². The number of fused-ring (bicyclic) bond motifs is 2. The van der Waals surface area contributed by atoms with Crippen molar-refractivity contribution in [2.75, 3.05) is 31.1 Å². The van der Waals surface area contributed by atoms with E-state index in [0.717, 1.165) is 28.6 Å². The summed E-state index contributed by atoms with van der Waals surface area (Å²) in [6, 6.07) is 10.9. The van der Waals surface area contributed by atoms with E-state index in [1.165, 1.54) is 13.1 Å². The molecule has 5 rings (SSSR count). The Hall–Kier alpha value is -3.42. The fourth-order valence-corrected chi connectivity index (χ4v) is 4.46. The molecule has 1 amide bonds. The Bertz CT molecular complexity index is 1190. The van der Waals surface area contributed by atoms with Gasteiger partial charge in [0.15, 0.2) is 0 Å². The average molecular weight is 391 g/mol. The maximum absolute atomic E-state index is 13.0. The van der Waals surface area contributed by atoms with Gasteiger partial charge in [-0.3, -0.25) is 24.1 Å². The van der Waals surface area contributed by atoms with Gasteiger partial charge in [0.25, 0.3) is 11.5 Å². The van der Waals surface area contributed by atoms with Crippen LogP contribution in [-0.2, 0) is 7.05 Å². The van der Waals surface area contributed by atoms with Crippen molar-refractivity contribution in [3.8, 4) is 0 Å². The Morgan fingerprint density at radius 1 is 1.07 bits per heavy atom. The van der Waals surface area contributed by atoms with Crippen molar-refractivity contribution < 1.29 is 4.79 Å². The first-order valence-electron chi connectivity index (χ1n) is 9.69. The number of nitrogens with zero attached hydrogens (tertiary/aromatic N) is 4. The Kier molecular flexibility index (Phi) is 4.01. The number of anilines is 1. The molecule has 8 heteroatoms. The van der Waals surface area contributed by atoms with Gasteiger partial charge in [-0.05, 0) is 24.3 Å². The van der Waals surface area contributed by atoms with Crippen molar-refractivity contribution in [2.45, 2.75) is 0 Å². The van der Waals surface area contributed by atoms with Gasteiger partial charge in [0, 0.05) is 68.3 Å². The highest BCUT2D eigenvalue weighted by molar-refractivity contribution is 5.98. The van der Waals surface area contributed by atoms with Crippen molar-refractivity contribution in [3.63, 3.8) is 0 Å². The van der Waals surface area contributed by atoms with E-state index in [9.17, 15) is 14.4 Å². The van der Waals surface area contributed by atoms with Crippen LogP contribution in [0, 0.1) is 11.8 Å². The number of carbonyl (C=O) groups is 1. The van der Waals surface area contributed by atoms with Crippen LogP contribution in [0.25, 0.3) is 10.9 Å². The summed E-state index contributed by atoms with van der Waals surface area (Å²) in [6.45, 7) is 2.80. The number of hydrogen-bond acceptors (Lipinski definition) is 5. The monoisotopic (exact) mass is 391 g/mol. The van der Waals surface area contributed by atoms with E-state index in [0.29, 0.717) is 36.3 Å². The minimum Gasteiger partial charge on any atom is -0.357 e. The maximum Gasteiger partial charge on any atom is 0.329 e. The summed E-state index contributed by atoms with van der Waals surface area (Å²) >= 11 is 0. The number of aromatic nitrogens is 3. The van der Waals surface area contributed by atoms with E-state index < -0.39 is 5.69 Å². The average Bonchev–Trinajstić information content (AvgIpc) is 3.30. The summed E-state index contributed by atoms with van der Waals surface area (Å²) in [6.07, 6.45) is 1.74. The number of likely N-dealkylation sites (tertiary alicyclic amines) is 1. The van der Waals surface area contributed by atoms with Crippen LogP contribution >= 0.6 is 0 Å². The molecule has 1 aromatic carbocycles. The van der Waals surface area contributed by atoms with Crippen LogP contribution in [0.5, 0.6) is 0 Å². The zero-order valence-electron chi connectivity index (χ0n) is 16.0. The molecule has 0 spiro atoms. The minimum absolute atomic E-state index is 0.0405. The van der Waals surface area contributed by atoms with Gasteiger partial charge >= 0.3 is 5.69 Å². The van der Waals surface area contributed by atoms with Crippen molar-refractivity contribution in [1.82, 2.24) is 19.4 Å². The largest absolute Gasteiger partial charge is 0.357 e. The van der Waals surface area contributed by atoms with Crippen LogP contribution in [0.4, 0.5) is 5.82 Å². The van der Waals surface area contributed by atoms with E-state index in [1.807, 2.05) is 40.1 Å². The predicted octanol–water partition coefficient (Wildman–Crippen LogP) is 0.830. The lowest BCUT2D eigenvalue weighted by Crippen LogP contribution is -2.37. The minimum atomic E-state index is -0.410. The molecule has 148 valence electrons. The van der Waals surface area contributed by atoms with Crippen molar-refractivity contribution in [1.29, 1.82) is 0 Å². The zero-order chi connectivity index (χ0) is 20.1. The number of pyridine rings is 1. The number of hydrogen-bond donors (Lipinski definition) is 1. The second-order valence-electron chi connectivity index (χ2n) is 7.90. The molecule has 1 N–H and O–H groups in total. The smallest absolute Gasteiger partial charge is 0.329 e. The quantitative estimate of drug-likeness (QED) is 0.699. The first-order valence-corrected chi connectivity index (χ1v) is 9.69. The van der Waals surface area contributed by atoms with Crippen LogP contribution in [0.3, 0.4) is 0 Å². The normalized spacial score (nSPS) is 21.0. The second kappa shape index (κ2) is 6.58. The summed E-state index contributed by atoms with van der Waals surface area (Å²) in [4.78, 5) is 47.8. The number of rotatable bonds is 2. The maximum atomic E-state index is 13.0. The number of amides is 1. The lowest BCUT2D eigenvalue weighted by atomic mass is 10.0. The summed E-state index contributed by atoms with van der Waals surface area (Å²) < 4.78 is 1.06. The molecule has 3 aromatic rings. The summed E-state index contributed by atoms with van der Waals surface area (Å²) in [5.74, 6) is 1.26. The van der Waals surface area contributed by atoms with Crippen molar-refractivity contribution in [2.24, 2.45) is 18.9 Å². The Morgan fingerprint density at radius 3 is 2.55 bits per heavy atom. The fourth-order valence-electron chi connectivity index (χ4n) is 4.46. The number of aromatic amines is 1. The number of benzene rings is 1. The Morgan fingerprint density at radius 2 is 1.83 bits per heavy atom. The molecule has 2 atom stereocenters. The van der Waals surface area contributed by atoms with Crippen LogP contribution in [0.2, 0.25) is 0 Å². The van der Waals surface area contributed by atoms with Gasteiger partial charge in [-0.1, -0.05) is 6.07 Å². The third-order valence-corrected chi connectivity index (χ3v) is 6.09. The van der Waals surface area contributed by atoms with E-state index in [-0.39, 0.29) is 11.5 Å². The van der Waals surface area contributed by atoms with Crippen LogP contribution in [0.1, 0.15) is 10.4 Å². The molecule has 0 saturated carbocycles. The van der Waals surface area contributed by atoms with Crippen molar-refractivity contribution >= 4 is 22.6 Å². The first-order chi connectivity index (χ1) is 14.0. The van der Waals surface area contributed by atoms with Gasteiger partial charge in [-0.25, -0.2) is 4.79 Å². The lowest BCUT2D eigenvalue weighted by molar-refractivity contribution is 0.0782. The highest BCUT2D eigenvalue weighted by Gasteiger charge is 2.42. The Balaban J connectivity index is 1.31. The van der Waals surface area contributed by atoms with E-state index >= 15 is 0 Å². The second-order valence-corrected chi connectivity index (χ2v) is 7.90. The molecule has 0 bridgehead atoms. The fraction of sp³-hybridized carbons (Fsp3) is 0.333. The molecule has 2 saturated heterocycles. The van der Waals surface area contributed by atoms with Gasteiger partial charge in [-0.15, -0.1) is 0 Å². The third kappa shape index (κ3) is 3.00. The van der Waals surface area contributed by atoms with E-state index in [4.69, 9.17) is 0 Å². The van der Waals surface area contributed by atoms with Gasteiger partial charge in [0.2, 0.25) is 0 Å². The van der Waals surface area contributed by atoms with Gasteiger partial charge in [0.1, 0.15) is 5.82 Å². The molecule has 2 aliphatic rings. The number of nitrogens with one attached hydrogen (secondary N) is 1. The molecular weight excluding hydrogens is 370 g/mol. The molecule has 0 aliphatic carbocycles. The van der Waals surface area contributed by atoms with E-state index in [1.54, 1.807) is 6.20 Å². The Labute approximate surface area is 166 Å². The predicted molar refractivity (Wildman–Crippen MR) is 109 cm³/mol. The number of H-pyrrole nitrogens is 1. The number of carbonyl (C=O) groups excluding carboxylic acids is 1. The molecule has 4 heterocycles. The molecule has 2 fully saturated rings. The van der Waals surface area contributed by atoms with Crippen molar-refractivity contribution in [3.05, 3.63) is 69.0 Å². The van der Waals surface area contributed by atoms with Gasteiger partial charge in [-0.2, -0.15) is 0 Å². The summed E-state index contributed by atoms with van der Waals surface area (Å²) in [5, 5.41) is 0.957. The standard InChI is InChI=1S/C21H21N5O3/c1-24-19(27)8-18(23-21(24)29)25-9-15-11-26(12-16(15)10-25)20(28)14-4-5-17-13(7-14)3-2-6-22-17/h2-8,15-16H,9-12H2,1H3,(H,23,29). The third-order valence-electron chi connectivity index (χ3n) is 6.09. The molecule has 8 nitrogen and oxygen atoms in total. The topological polar surface area (TPSA) is 91.3 Å². The molecule has 2 aliphatic heterocycles. The highest BCUT2D eigenvalue weighted by atomic mass is 16.2. The molecular formula is C21H21N5O3. The molecule has 2 unspecified atom stereocenters. The summed E-state index contributed by atoms with van der Waals surface area (Å²) in [5.41, 5.74) is 0.828. The summed E-state index contributed by atoms with van der Waals surface area (Å²) in [7, 11) is 1.45. The van der Waals surface area contributed by atoms with Gasteiger partial charge < -0.3 is 9.80 Å². The molecule has 0 radical (unpaired) electrons.